The van der Waals surface area contributed by atoms with Gasteiger partial charge in [0.25, 0.3) is 5.91 Å². The van der Waals surface area contributed by atoms with Crippen LogP contribution in [0.1, 0.15) is 19.8 Å². The molecule has 1 fully saturated rings. The Balaban J connectivity index is 1.80. The summed E-state index contributed by atoms with van der Waals surface area (Å²) in [4.78, 5) is 12.7. The molecule has 2 aromatic rings. The predicted octanol–water partition coefficient (Wildman–Crippen LogP) is 1.67. The first-order chi connectivity index (χ1) is 11.7. The quantitative estimate of drug-likeness (QED) is 0.872. The van der Waals surface area contributed by atoms with Crippen LogP contribution in [0.5, 0.6) is 0 Å². The molecule has 3 rings (SSSR count). The lowest BCUT2D eigenvalue weighted by molar-refractivity contribution is -0.140. The van der Waals surface area contributed by atoms with Crippen molar-refractivity contribution in [3.8, 4) is 11.4 Å². The van der Waals surface area contributed by atoms with Gasteiger partial charge in [0.1, 0.15) is 11.9 Å². The van der Waals surface area contributed by atoms with E-state index >= 15 is 0 Å². The van der Waals surface area contributed by atoms with E-state index in [2.05, 4.69) is 20.8 Å². The Bertz CT molecular complexity index is 707. The van der Waals surface area contributed by atoms with Crippen LogP contribution < -0.4 is 10.6 Å². The number of ether oxygens (including phenoxy) is 1. The number of piperidine rings is 1. The Kier molecular flexibility index (Phi) is 4.92. The van der Waals surface area contributed by atoms with Crippen molar-refractivity contribution in [3.63, 3.8) is 0 Å². The summed E-state index contributed by atoms with van der Waals surface area (Å²) in [6.45, 7) is 4.39. The van der Waals surface area contributed by atoms with Gasteiger partial charge in [-0.25, -0.2) is 0 Å². The first kappa shape index (κ1) is 16.6. The third-order valence-electron chi connectivity index (χ3n) is 4.55. The molecule has 1 aliphatic rings. The summed E-state index contributed by atoms with van der Waals surface area (Å²) in [7, 11) is 1.60. The maximum absolute atomic E-state index is 12.7. The molecule has 1 aliphatic heterocycles. The molecule has 0 saturated carbocycles. The van der Waals surface area contributed by atoms with Gasteiger partial charge in [-0.3, -0.25) is 4.79 Å². The number of methoxy groups -OCH3 is 1. The molecule has 2 N–H and O–H groups in total. The van der Waals surface area contributed by atoms with Crippen molar-refractivity contribution in [2.24, 2.45) is 0 Å². The fraction of sp³-hybridized carbons (Fsp3) is 0.471. The second kappa shape index (κ2) is 7.11. The highest BCUT2D eigenvalue weighted by Gasteiger charge is 2.39. The number of aromatic nitrogens is 3. The third kappa shape index (κ3) is 3.18. The molecule has 7 heteroatoms. The van der Waals surface area contributed by atoms with E-state index in [-0.39, 0.29) is 5.91 Å². The van der Waals surface area contributed by atoms with Crippen molar-refractivity contribution in [1.29, 1.82) is 0 Å². The summed E-state index contributed by atoms with van der Waals surface area (Å²) < 4.78 is 7.54. The van der Waals surface area contributed by atoms with Gasteiger partial charge in [0.2, 0.25) is 0 Å². The summed E-state index contributed by atoms with van der Waals surface area (Å²) >= 11 is 0. The molecule has 1 aromatic heterocycles. The molecule has 0 radical (unpaired) electrons. The summed E-state index contributed by atoms with van der Waals surface area (Å²) in [5.74, 6) is 0.692. The normalized spacial score (nSPS) is 16.8. The molecule has 1 saturated heterocycles. The van der Waals surface area contributed by atoms with E-state index in [0.717, 1.165) is 36.7 Å². The largest absolute Gasteiger partial charge is 0.368 e. The van der Waals surface area contributed by atoms with Gasteiger partial charge in [-0.1, -0.05) is 12.1 Å². The summed E-state index contributed by atoms with van der Waals surface area (Å²) in [5, 5.41) is 14.4. The number of rotatable bonds is 5. The maximum atomic E-state index is 12.7. The predicted molar refractivity (Wildman–Crippen MR) is 91.6 cm³/mol. The highest BCUT2D eigenvalue weighted by atomic mass is 16.5. The molecule has 0 unspecified atom stereocenters. The maximum Gasteiger partial charge on any atom is 0.256 e. The third-order valence-corrected chi connectivity index (χ3v) is 4.55. The number of anilines is 1. The number of carbonyl (C=O) groups is 1. The molecule has 0 spiro atoms. The second-order valence-corrected chi connectivity index (χ2v) is 5.92. The standard InChI is InChI=1S/C17H23N5O2/c1-3-22-12-19-21-15(22)13-5-4-6-14(11-13)20-16(23)17(24-2)7-9-18-10-8-17/h4-6,11-12,18H,3,7-10H2,1-2H3,(H,20,23). The van der Waals surface area contributed by atoms with Gasteiger partial charge in [-0.2, -0.15) is 0 Å². The highest BCUT2D eigenvalue weighted by Crippen LogP contribution is 2.26. The van der Waals surface area contributed by atoms with E-state index < -0.39 is 5.60 Å². The van der Waals surface area contributed by atoms with Crippen molar-refractivity contribution in [3.05, 3.63) is 30.6 Å². The van der Waals surface area contributed by atoms with Gasteiger partial charge in [-0.05, 0) is 45.0 Å². The zero-order chi connectivity index (χ0) is 17.0. The minimum Gasteiger partial charge on any atom is -0.368 e. The topological polar surface area (TPSA) is 81.1 Å². The minimum atomic E-state index is -0.759. The van der Waals surface area contributed by atoms with Crippen molar-refractivity contribution < 1.29 is 9.53 Å². The van der Waals surface area contributed by atoms with Crippen LogP contribution in [-0.4, -0.2) is 46.5 Å². The highest BCUT2D eigenvalue weighted by molar-refractivity contribution is 5.97. The summed E-state index contributed by atoms with van der Waals surface area (Å²) in [6.07, 6.45) is 3.04. The number of amides is 1. The van der Waals surface area contributed by atoms with Crippen LogP contribution in [0.2, 0.25) is 0 Å². The molecule has 2 heterocycles. The number of nitrogens with zero attached hydrogens (tertiary/aromatic N) is 3. The van der Waals surface area contributed by atoms with Gasteiger partial charge in [0, 0.05) is 24.9 Å². The summed E-state index contributed by atoms with van der Waals surface area (Å²) in [5.41, 5.74) is 0.895. The van der Waals surface area contributed by atoms with E-state index in [4.69, 9.17) is 4.74 Å². The molecule has 0 bridgehead atoms. The summed E-state index contributed by atoms with van der Waals surface area (Å²) in [6, 6.07) is 7.65. The van der Waals surface area contributed by atoms with Crippen molar-refractivity contribution in [2.75, 3.05) is 25.5 Å². The average Bonchev–Trinajstić information content (AvgIpc) is 3.11. The second-order valence-electron chi connectivity index (χ2n) is 5.92. The van der Waals surface area contributed by atoms with Gasteiger partial charge >= 0.3 is 0 Å². The van der Waals surface area contributed by atoms with E-state index in [1.54, 1.807) is 13.4 Å². The van der Waals surface area contributed by atoms with Crippen LogP contribution in [0.15, 0.2) is 30.6 Å². The van der Waals surface area contributed by atoms with Crippen LogP contribution in [0, 0.1) is 0 Å². The minimum absolute atomic E-state index is 0.0967. The zero-order valence-electron chi connectivity index (χ0n) is 14.1. The molecular formula is C17H23N5O2. The first-order valence-electron chi connectivity index (χ1n) is 8.24. The van der Waals surface area contributed by atoms with Crippen LogP contribution in [0.3, 0.4) is 0 Å². The Hall–Kier alpha value is -2.25. The Labute approximate surface area is 141 Å². The molecule has 128 valence electrons. The molecular weight excluding hydrogens is 306 g/mol. The first-order valence-corrected chi connectivity index (χ1v) is 8.24. The van der Waals surface area contributed by atoms with Crippen molar-refractivity contribution in [2.45, 2.75) is 31.9 Å². The Morgan fingerprint density at radius 3 is 2.92 bits per heavy atom. The number of aryl methyl sites for hydroxylation is 1. The Morgan fingerprint density at radius 1 is 1.42 bits per heavy atom. The number of carbonyl (C=O) groups excluding carboxylic acids is 1. The van der Waals surface area contributed by atoms with Crippen LogP contribution in [0.4, 0.5) is 5.69 Å². The fourth-order valence-electron chi connectivity index (χ4n) is 3.05. The van der Waals surface area contributed by atoms with Gasteiger partial charge in [0.15, 0.2) is 5.82 Å². The van der Waals surface area contributed by atoms with Crippen LogP contribution >= 0.6 is 0 Å². The number of hydrogen-bond acceptors (Lipinski definition) is 5. The van der Waals surface area contributed by atoms with Gasteiger partial charge < -0.3 is 19.9 Å². The number of nitrogens with one attached hydrogen (secondary N) is 2. The van der Waals surface area contributed by atoms with E-state index in [9.17, 15) is 4.79 Å². The molecule has 1 aromatic carbocycles. The lowest BCUT2D eigenvalue weighted by Crippen LogP contribution is -2.51. The van der Waals surface area contributed by atoms with Gasteiger partial charge in [0.05, 0.1) is 0 Å². The fourth-order valence-corrected chi connectivity index (χ4v) is 3.05. The monoisotopic (exact) mass is 329 g/mol. The van der Waals surface area contributed by atoms with Crippen molar-refractivity contribution in [1.82, 2.24) is 20.1 Å². The average molecular weight is 329 g/mol. The molecule has 7 nitrogen and oxygen atoms in total. The molecule has 0 atom stereocenters. The lowest BCUT2D eigenvalue weighted by Gasteiger charge is -2.34. The molecule has 1 amide bonds. The SMILES string of the molecule is CCn1cnnc1-c1cccc(NC(=O)C2(OC)CCNCC2)c1. The molecule has 24 heavy (non-hydrogen) atoms. The smallest absolute Gasteiger partial charge is 0.256 e. The van der Waals surface area contributed by atoms with Gasteiger partial charge in [-0.15, -0.1) is 10.2 Å². The van der Waals surface area contributed by atoms with Crippen LogP contribution in [0.25, 0.3) is 11.4 Å². The zero-order valence-corrected chi connectivity index (χ0v) is 14.1. The van der Waals surface area contributed by atoms with Crippen molar-refractivity contribution >= 4 is 11.6 Å². The van der Waals surface area contributed by atoms with E-state index in [1.807, 2.05) is 35.8 Å². The van der Waals surface area contributed by atoms with E-state index in [0.29, 0.717) is 12.8 Å². The lowest BCUT2D eigenvalue weighted by atomic mass is 9.91. The van der Waals surface area contributed by atoms with E-state index in [1.165, 1.54) is 0 Å². The number of benzene rings is 1. The number of hydrogen-bond donors (Lipinski definition) is 2. The Morgan fingerprint density at radius 2 is 2.21 bits per heavy atom. The molecule has 0 aliphatic carbocycles. The van der Waals surface area contributed by atoms with Crippen LogP contribution in [-0.2, 0) is 16.1 Å².